The number of benzene rings is 2. The zero-order valence-electron chi connectivity index (χ0n) is 21.3. The second-order valence-corrected chi connectivity index (χ2v) is 9.83. The van der Waals surface area contributed by atoms with Crippen LogP contribution in [0.3, 0.4) is 0 Å². The van der Waals surface area contributed by atoms with Crippen molar-refractivity contribution in [3.63, 3.8) is 0 Å². The van der Waals surface area contributed by atoms with Crippen molar-refractivity contribution in [2.45, 2.75) is 64.0 Å². The van der Waals surface area contributed by atoms with Gasteiger partial charge in [0.1, 0.15) is 11.6 Å². The van der Waals surface area contributed by atoms with Gasteiger partial charge in [-0.05, 0) is 74.0 Å². The van der Waals surface area contributed by atoms with Crippen LogP contribution in [0, 0.1) is 17.6 Å². The first kappa shape index (κ1) is 29.7. The van der Waals surface area contributed by atoms with E-state index in [1.54, 1.807) is 31.3 Å². The fourth-order valence-electron chi connectivity index (χ4n) is 4.74. The molecule has 2 amide bonds. The molecule has 0 bridgehead atoms. The molecule has 0 spiro atoms. The third-order valence-electron chi connectivity index (χ3n) is 6.76. The topological polar surface area (TPSA) is 61.4 Å². The maximum Gasteiger partial charge on any atom is 0.237 e. The van der Waals surface area contributed by atoms with Gasteiger partial charge in [-0.1, -0.05) is 38.1 Å². The van der Waals surface area contributed by atoms with E-state index in [4.69, 9.17) is 0 Å². The number of halogens is 3. The average Bonchev–Trinajstić information content (AvgIpc) is 2.84. The molecule has 0 radical (unpaired) electrons. The highest BCUT2D eigenvalue weighted by Crippen LogP contribution is 2.30. The molecule has 0 aliphatic carbocycles. The molecule has 1 atom stereocenters. The van der Waals surface area contributed by atoms with Crippen molar-refractivity contribution in [2.75, 3.05) is 20.1 Å². The highest BCUT2D eigenvalue weighted by atomic mass is 35.5. The fourth-order valence-corrected chi connectivity index (χ4v) is 4.74. The summed E-state index contributed by atoms with van der Waals surface area (Å²) < 4.78 is 26.9. The molecule has 5 nitrogen and oxygen atoms in total. The number of rotatable bonds is 10. The van der Waals surface area contributed by atoms with Crippen LogP contribution in [0.15, 0.2) is 48.5 Å². The van der Waals surface area contributed by atoms with E-state index in [1.165, 1.54) is 24.3 Å². The first-order valence-electron chi connectivity index (χ1n) is 12.5. The van der Waals surface area contributed by atoms with Crippen LogP contribution in [0.1, 0.15) is 63.0 Å². The second kappa shape index (κ2) is 14.3. The van der Waals surface area contributed by atoms with Crippen LogP contribution < -0.4 is 10.6 Å². The summed E-state index contributed by atoms with van der Waals surface area (Å²) in [6.07, 6.45) is 3.13. The van der Waals surface area contributed by atoms with Crippen molar-refractivity contribution in [3.05, 3.63) is 71.3 Å². The molecule has 1 unspecified atom stereocenters. The van der Waals surface area contributed by atoms with Crippen LogP contribution in [0.5, 0.6) is 0 Å². The van der Waals surface area contributed by atoms with Crippen LogP contribution >= 0.6 is 12.4 Å². The van der Waals surface area contributed by atoms with E-state index >= 15 is 0 Å². The molecule has 8 heteroatoms. The molecule has 2 aromatic rings. The largest absolute Gasteiger partial charge is 0.352 e. The molecule has 2 N–H and O–H groups in total. The highest BCUT2D eigenvalue weighted by molar-refractivity contribution is 5.85. The number of piperidine rings is 1. The van der Waals surface area contributed by atoms with Crippen molar-refractivity contribution in [3.8, 4) is 0 Å². The summed E-state index contributed by atoms with van der Waals surface area (Å²) >= 11 is 0. The Hall–Kier alpha value is -2.51. The third kappa shape index (κ3) is 8.56. The molecule has 2 aromatic carbocycles. The van der Waals surface area contributed by atoms with E-state index < -0.39 is 0 Å². The molecule has 0 saturated carbocycles. The number of carbonyl (C=O) groups excluding carboxylic acids is 2. The number of hydrogen-bond donors (Lipinski definition) is 2. The number of nitrogens with one attached hydrogen (secondary N) is 2. The van der Waals surface area contributed by atoms with Gasteiger partial charge in [0.25, 0.3) is 0 Å². The van der Waals surface area contributed by atoms with E-state index in [-0.39, 0.29) is 53.9 Å². The Morgan fingerprint density at radius 3 is 1.89 bits per heavy atom. The van der Waals surface area contributed by atoms with Gasteiger partial charge >= 0.3 is 0 Å². The Morgan fingerprint density at radius 2 is 1.44 bits per heavy atom. The SMILES string of the molecule is CNC(CC(C)C)C(=O)NC1CCN(C(=O)CCC(c2ccc(F)cc2)c2ccc(F)cc2)CC1.Cl. The molecule has 36 heavy (non-hydrogen) atoms. The van der Waals surface area contributed by atoms with Crippen LogP contribution in [-0.4, -0.2) is 48.9 Å². The Labute approximate surface area is 219 Å². The summed E-state index contributed by atoms with van der Waals surface area (Å²) in [6.45, 7) is 5.41. The zero-order valence-corrected chi connectivity index (χ0v) is 22.1. The highest BCUT2D eigenvalue weighted by Gasteiger charge is 2.27. The van der Waals surface area contributed by atoms with Gasteiger partial charge in [-0.2, -0.15) is 0 Å². The minimum atomic E-state index is -0.317. The van der Waals surface area contributed by atoms with Gasteiger partial charge in [0.15, 0.2) is 0 Å². The first-order valence-corrected chi connectivity index (χ1v) is 12.5. The predicted octanol–water partition coefficient (Wildman–Crippen LogP) is 5.04. The van der Waals surface area contributed by atoms with Crippen LogP contribution in [0.4, 0.5) is 8.78 Å². The Balaban J connectivity index is 0.00000456. The first-order chi connectivity index (χ1) is 16.8. The number of hydrogen-bond acceptors (Lipinski definition) is 3. The summed E-state index contributed by atoms with van der Waals surface area (Å²) in [7, 11) is 1.80. The summed E-state index contributed by atoms with van der Waals surface area (Å²) in [5, 5.41) is 6.23. The monoisotopic (exact) mass is 521 g/mol. The molecule has 1 saturated heterocycles. The molecule has 3 rings (SSSR count). The van der Waals surface area contributed by atoms with Gasteiger partial charge in [-0.3, -0.25) is 9.59 Å². The number of nitrogens with zero attached hydrogens (tertiary/aromatic N) is 1. The third-order valence-corrected chi connectivity index (χ3v) is 6.76. The van der Waals surface area contributed by atoms with Gasteiger partial charge < -0.3 is 15.5 Å². The van der Waals surface area contributed by atoms with Crippen LogP contribution in [-0.2, 0) is 9.59 Å². The number of carbonyl (C=O) groups is 2. The van der Waals surface area contributed by atoms with E-state index in [2.05, 4.69) is 24.5 Å². The Bertz CT molecular complexity index is 916. The van der Waals surface area contributed by atoms with Crippen molar-refractivity contribution >= 4 is 24.2 Å². The molecule has 1 aliphatic heterocycles. The van der Waals surface area contributed by atoms with Crippen molar-refractivity contribution < 1.29 is 18.4 Å². The maximum absolute atomic E-state index is 13.5. The van der Waals surface area contributed by atoms with Gasteiger partial charge in [-0.25, -0.2) is 8.78 Å². The fraction of sp³-hybridized carbons (Fsp3) is 0.500. The van der Waals surface area contributed by atoms with E-state index in [9.17, 15) is 18.4 Å². The lowest BCUT2D eigenvalue weighted by molar-refractivity contribution is -0.132. The van der Waals surface area contributed by atoms with Crippen molar-refractivity contribution in [2.24, 2.45) is 5.92 Å². The normalized spacial score (nSPS) is 15.0. The van der Waals surface area contributed by atoms with Gasteiger partial charge in [0.05, 0.1) is 6.04 Å². The molecular weight excluding hydrogens is 484 g/mol. The molecule has 198 valence electrons. The molecule has 1 aliphatic rings. The zero-order chi connectivity index (χ0) is 25.4. The summed E-state index contributed by atoms with van der Waals surface area (Å²) in [6, 6.07) is 12.4. The number of likely N-dealkylation sites (N-methyl/N-ethyl adjacent to an activating group) is 1. The van der Waals surface area contributed by atoms with Crippen molar-refractivity contribution in [1.29, 1.82) is 0 Å². The maximum atomic E-state index is 13.5. The summed E-state index contributed by atoms with van der Waals surface area (Å²) in [5.41, 5.74) is 1.79. The molecule has 1 heterocycles. The summed E-state index contributed by atoms with van der Waals surface area (Å²) in [5.74, 6) is -0.252. The van der Waals surface area contributed by atoms with Gasteiger partial charge in [0, 0.05) is 31.5 Å². The molecule has 1 fully saturated rings. The average molecular weight is 522 g/mol. The Morgan fingerprint density at radius 1 is 0.944 bits per heavy atom. The quantitative estimate of drug-likeness (QED) is 0.460. The van der Waals surface area contributed by atoms with Crippen molar-refractivity contribution in [1.82, 2.24) is 15.5 Å². The molecular formula is C28H38ClF2N3O2. The number of amides is 2. The minimum absolute atomic E-state index is 0. The van der Waals surface area contributed by atoms with Crippen LogP contribution in [0.25, 0.3) is 0 Å². The predicted molar refractivity (Wildman–Crippen MR) is 141 cm³/mol. The van der Waals surface area contributed by atoms with Gasteiger partial charge in [-0.15, -0.1) is 12.4 Å². The lowest BCUT2D eigenvalue weighted by atomic mass is 9.87. The second-order valence-electron chi connectivity index (χ2n) is 9.83. The minimum Gasteiger partial charge on any atom is -0.352 e. The van der Waals surface area contributed by atoms with E-state index in [1.807, 2.05) is 4.90 Å². The lowest BCUT2D eigenvalue weighted by Crippen LogP contribution is -2.51. The standard InChI is InChI=1S/C28H37F2N3O2.ClH/c1-19(2)18-26(31-3)28(35)32-24-14-16-33(17-15-24)27(34)13-12-25(20-4-8-22(29)9-5-20)21-6-10-23(30)11-7-21;/h4-11,19,24-26,31H,12-18H2,1-3H3,(H,32,35);1H. The molecule has 0 aromatic heterocycles. The van der Waals surface area contributed by atoms with Gasteiger partial charge in [0.2, 0.25) is 11.8 Å². The van der Waals surface area contributed by atoms with Crippen LogP contribution in [0.2, 0.25) is 0 Å². The smallest absolute Gasteiger partial charge is 0.237 e. The lowest BCUT2D eigenvalue weighted by Gasteiger charge is -2.33. The Kier molecular flexibility index (Phi) is 11.8. The number of likely N-dealkylation sites (tertiary alicyclic amines) is 1. The van der Waals surface area contributed by atoms with E-state index in [0.29, 0.717) is 31.8 Å². The summed E-state index contributed by atoms with van der Waals surface area (Å²) in [4.78, 5) is 27.4. The van der Waals surface area contributed by atoms with E-state index in [0.717, 1.165) is 30.4 Å².